The summed E-state index contributed by atoms with van der Waals surface area (Å²) >= 11 is 1.53. The van der Waals surface area contributed by atoms with E-state index in [4.69, 9.17) is 5.11 Å². The summed E-state index contributed by atoms with van der Waals surface area (Å²) in [6, 6.07) is 6.28. The second-order valence-corrected chi connectivity index (χ2v) is 5.69. The molecule has 0 amide bonds. The highest BCUT2D eigenvalue weighted by Gasteiger charge is 2.14. The van der Waals surface area contributed by atoms with Crippen LogP contribution in [0.15, 0.2) is 29.8 Å². The molecule has 102 valence electrons. The van der Waals surface area contributed by atoms with E-state index in [0.717, 1.165) is 16.2 Å². The van der Waals surface area contributed by atoms with E-state index < -0.39 is 5.97 Å². The van der Waals surface area contributed by atoms with Gasteiger partial charge in [-0.15, -0.1) is 11.3 Å². The average molecular weight is 286 g/mol. The molecule has 0 bridgehead atoms. The zero-order valence-electron chi connectivity index (χ0n) is 11.3. The fourth-order valence-electron chi connectivity index (χ4n) is 2.25. The highest BCUT2D eigenvalue weighted by atomic mass is 32.1. The Morgan fingerprint density at radius 3 is 2.85 bits per heavy atom. The number of fused-ring (bicyclic) bond motifs is 1. The quantitative estimate of drug-likeness (QED) is 0.803. The summed E-state index contributed by atoms with van der Waals surface area (Å²) in [6.45, 7) is 4.16. The minimum Gasteiger partial charge on any atom is -0.481 e. The number of hydrogen-bond acceptors (Lipinski definition) is 3. The fraction of sp³-hybridized carbons (Fsp3) is 0.200. The summed E-state index contributed by atoms with van der Waals surface area (Å²) < 4.78 is 1.93. The number of imidazole rings is 1. The fourth-order valence-corrected chi connectivity index (χ4v) is 3.14. The third-order valence-corrected chi connectivity index (χ3v) is 4.29. The van der Waals surface area contributed by atoms with Crippen LogP contribution < -0.4 is 0 Å². The predicted molar refractivity (Wildman–Crippen MR) is 79.3 cm³/mol. The van der Waals surface area contributed by atoms with E-state index in [0.29, 0.717) is 5.69 Å². The van der Waals surface area contributed by atoms with Gasteiger partial charge < -0.3 is 5.11 Å². The third-order valence-electron chi connectivity index (χ3n) is 3.45. The zero-order chi connectivity index (χ0) is 14.3. The Bertz CT molecular complexity index is 801. The first-order valence-corrected chi connectivity index (χ1v) is 7.17. The largest absolute Gasteiger partial charge is 0.481 e. The van der Waals surface area contributed by atoms with Crippen LogP contribution in [0.4, 0.5) is 0 Å². The van der Waals surface area contributed by atoms with Crippen molar-refractivity contribution in [3.63, 3.8) is 0 Å². The number of aryl methyl sites for hydroxylation is 2. The van der Waals surface area contributed by atoms with Crippen LogP contribution >= 0.6 is 11.3 Å². The van der Waals surface area contributed by atoms with Crippen LogP contribution in [0, 0.1) is 13.8 Å². The molecule has 4 nitrogen and oxygen atoms in total. The number of thiazole rings is 1. The summed E-state index contributed by atoms with van der Waals surface area (Å²) in [4.78, 5) is 16.0. The summed E-state index contributed by atoms with van der Waals surface area (Å²) in [6.07, 6.45) is 1.63. The molecular formula is C15H14N2O2S. The van der Waals surface area contributed by atoms with Gasteiger partial charge in [0.25, 0.3) is 0 Å². The maximum atomic E-state index is 10.9. The molecular weight excluding hydrogens is 272 g/mol. The molecule has 0 aliphatic heterocycles. The smallest absolute Gasteiger partial charge is 0.309 e. The van der Waals surface area contributed by atoms with E-state index in [9.17, 15) is 4.79 Å². The zero-order valence-corrected chi connectivity index (χ0v) is 12.1. The lowest BCUT2D eigenvalue weighted by Gasteiger charge is -2.06. The van der Waals surface area contributed by atoms with Crippen LogP contribution in [0.2, 0.25) is 0 Å². The van der Waals surface area contributed by atoms with Crippen molar-refractivity contribution in [1.29, 1.82) is 0 Å². The number of nitrogens with zero attached hydrogens (tertiary/aromatic N) is 2. The first-order chi connectivity index (χ1) is 9.56. The maximum absolute atomic E-state index is 10.9. The first-order valence-electron chi connectivity index (χ1n) is 6.29. The number of aromatic nitrogens is 2. The Labute approximate surface area is 120 Å². The highest BCUT2D eigenvalue weighted by Crippen LogP contribution is 2.28. The molecule has 0 saturated carbocycles. The first kappa shape index (κ1) is 12.9. The van der Waals surface area contributed by atoms with E-state index in [-0.39, 0.29) is 6.42 Å². The highest BCUT2D eigenvalue weighted by molar-refractivity contribution is 7.15. The lowest BCUT2D eigenvalue weighted by atomic mass is 10.0. The number of carboxylic acid groups (broad SMARTS) is 1. The molecule has 0 fully saturated rings. The average Bonchev–Trinajstić information content (AvgIpc) is 2.96. The van der Waals surface area contributed by atoms with Gasteiger partial charge in [-0.2, -0.15) is 0 Å². The predicted octanol–water partition coefficient (Wildman–Crippen LogP) is 3.31. The number of benzene rings is 1. The Morgan fingerprint density at radius 1 is 1.35 bits per heavy atom. The lowest BCUT2D eigenvalue weighted by molar-refractivity contribution is -0.136. The molecule has 0 saturated heterocycles. The Hall–Kier alpha value is -2.14. The Morgan fingerprint density at radius 2 is 2.15 bits per heavy atom. The van der Waals surface area contributed by atoms with E-state index in [2.05, 4.69) is 37.0 Å². The van der Waals surface area contributed by atoms with Gasteiger partial charge in [-0.1, -0.05) is 12.1 Å². The number of carbonyl (C=O) groups is 1. The molecule has 0 aliphatic rings. The van der Waals surface area contributed by atoms with Crippen molar-refractivity contribution in [3.8, 4) is 11.3 Å². The SMILES string of the molecule is Cc1ccc(-c2csc3ncc(CC(=O)O)n23)cc1C. The van der Waals surface area contributed by atoms with Crippen molar-refractivity contribution in [1.82, 2.24) is 9.38 Å². The van der Waals surface area contributed by atoms with Crippen LogP contribution in [0.3, 0.4) is 0 Å². The topological polar surface area (TPSA) is 54.6 Å². The summed E-state index contributed by atoms with van der Waals surface area (Å²) in [7, 11) is 0. The van der Waals surface area contributed by atoms with Crippen LogP contribution in [0.1, 0.15) is 16.8 Å². The van der Waals surface area contributed by atoms with Gasteiger partial charge in [0, 0.05) is 5.38 Å². The van der Waals surface area contributed by atoms with Crippen molar-refractivity contribution in [2.24, 2.45) is 0 Å². The second-order valence-electron chi connectivity index (χ2n) is 4.86. The van der Waals surface area contributed by atoms with Gasteiger partial charge in [0.05, 0.1) is 24.0 Å². The van der Waals surface area contributed by atoms with Crippen LogP contribution in [0.5, 0.6) is 0 Å². The lowest BCUT2D eigenvalue weighted by Crippen LogP contribution is -2.03. The van der Waals surface area contributed by atoms with E-state index >= 15 is 0 Å². The normalized spacial score (nSPS) is 11.1. The van der Waals surface area contributed by atoms with Crippen molar-refractivity contribution >= 4 is 22.3 Å². The van der Waals surface area contributed by atoms with Crippen molar-refractivity contribution in [3.05, 3.63) is 46.6 Å². The molecule has 20 heavy (non-hydrogen) atoms. The monoisotopic (exact) mass is 286 g/mol. The molecule has 0 spiro atoms. The number of aliphatic carboxylic acids is 1. The van der Waals surface area contributed by atoms with Gasteiger partial charge in [0.15, 0.2) is 4.96 Å². The molecule has 0 aliphatic carbocycles. The molecule has 0 atom stereocenters. The van der Waals surface area contributed by atoms with Gasteiger partial charge in [0.1, 0.15) is 0 Å². The van der Waals surface area contributed by atoms with Crippen LogP contribution in [0.25, 0.3) is 16.2 Å². The van der Waals surface area contributed by atoms with Gasteiger partial charge in [-0.05, 0) is 36.6 Å². The molecule has 2 aromatic heterocycles. The van der Waals surface area contributed by atoms with Crippen LogP contribution in [-0.4, -0.2) is 20.5 Å². The van der Waals surface area contributed by atoms with Crippen molar-refractivity contribution < 1.29 is 9.90 Å². The number of carboxylic acids is 1. The molecule has 0 unspecified atom stereocenters. The summed E-state index contributed by atoms with van der Waals surface area (Å²) in [5, 5.41) is 11.0. The molecule has 1 N–H and O–H groups in total. The van der Waals surface area contributed by atoms with E-state index in [1.165, 1.54) is 22.5 Å². The third kappa shape index (κ3) is 2.10. The molecule has 3 aromatic rings. The van der Waals surface area contributed by atoms with Gasteiger partial charge in [-0.3, -0.25) is 9.20 Å². The standard InChI is InChI=1S/C15H14N2O2S/c1-9-3-4-11(5-10(9)2)13-8-20-15-16-7-12(17(13)15)6-14(18)19/h3-5,7-8H,6H2,1-2H3,(H,18,19). The van der Waals surface area contributed by atoms with Crippen molar-refractivity contribution in [2.75, 3.05) is 0 Å². The minimum absolute atomic E-state index is 0.0181. The minimum atomic E-state index is -0.843. The Balaban J connectivity index is 2.17. The van der Waals surface area contributed by atoms with Gasteiger partial charge >= 0.3 is 5.97 Å². The molecule has 0 radical (unpaired) electrons. The molecule has 5 heteroatoms. The molecule has 3 rings (SSSR count). The molecule has 2 heterocycles. The maximum Gasteiger partial charge on any atom is 0.309 e. The number of rotatable bonds is 3. The summed E-state index contributed by atoms with van der Waals surface area (Å²) in [5.74, 6) is -0.843. The van der Waals surface area contributed by atoms with Crippen LogP contribution in [-0.2, 0) is 11.2 Å². The van der Waals surface area contributed by atoms with Gasteiger partial charge in [0.2, 0.25) is 0 Å². The van der Waals surface area contributed by atoms with Gasteiger partial charge in [-0.25, -0.2) is 4.98 Å². The number of hydrogen-bond donors (Lipinski definition) is 1. The molecule has 1 aromatic carbocycles. The summed E-state index contributed by atoms with van der Waals surface area (Å²) in [5.41, 5.74) is 5.27. The van der Waals surface area contributed by atoms with E-state index in [1.54, 1.807) is 6.20 Å². The second kappa shape index (κ2) is 4.76. The Kier molecular flexibility index (Phi) is 3.06. The van der Waals surface area contributed by atoms with E-state index in [1.807, 2.05) is 9.78 Å². The van der Waals surface area contributed by atoms with Crippen molar-refractivity contribution in [2.45, 2.75) is 20.3 Å².